The van der Waals surface area contributed by atoms with Gasteiger partial charge in [-0.3, -0.25) is 4.68 Å². The van der Waals surface area contributed by atoms with Gasteiger partial charge in [0.15, 0.2) is 0 Å². The quantitative estimate of drug-likeness (QED) is 0.873. The van der Waals surface area contributed by atoms with Gasteiger partial charge in [-0.25, -0.2) is 0 Å². The molecule has 2 N–H and O–H groups in total. The smallest absolute Gasteiger partial charge is 0.0640 e. The van der Waals surface area contributed by atoms with Gasteiger partial charge < -0.3 is 5.73 Å². The largest absolute Gasteiger partial charge is 0.327 e. The molecule has 0 fully saturated rings. The summed E-state index contributed by atoms with van der Waals surface area (Å²) >= 11 is 0. The number of rotatable bonds is 6. The van der Waals surface area contributed by atoms with Crippen molar-refractivity contribution in [2.45, 2.75) is 51.6 Å². The average Bonchev–Trinajstić information content (AvgIpc) is 2.95. The summed E-state index contributed by atoms with van der Waals surface area (Å²) in [5, 5.41) is 4.63. The average molecular weight is 271 g/mol. The van der Waals surface area contributed by atoms with E-state index in [0.717, 1.165) is 18.5 Å². The highest BCUT2D eigenvalue weighted by molar-refractivity contribution is 5.21. The minimum atomic E-state index is 0.0951. The maximum absolute atomic E-state index is 6.35. The molecule has 0 saturated heterocycles. The van der Waals surface area contributed by atoms with Crippen molar-refractivity contribution in [3.8, 4) is 0 Å². The minimum Gasteiger partial charge on any atom is -0.327 e. The van der Waals surface area contributed by atoms with Crippen molar-refractivity contribution in [2.75, 3.05) is 0 Å². The van der Waals surface area contributed by atoms with E-state index in [-0.39, 0.29) is 6.04 Å². The molecule has 0 aliphatic rings. The lowest BCUT2D eigenvalue weighted by molar-refractivity contribution is 0.468. The maximum Gasteiger partial charge on any atom is 0.0640 e. The topological polar surface area (TPSA) is 43.8 Å². The number of benzene rings is 1. The zero-order valence-corrected chi connectivity index (χ0v) is 12.7. The van der Waals surface area contributed by atoms with E-state index in [1.165, 1.54) is 5.56 Å². The SMILES string of the molecule is CCC(C)n1ccc(CC(N)C(C)c2ccccc2)n1. The van der Waals surface area contributed by atoms with Crippen LogP contribution in [-0.4, -0.2) is 15.8 Å². The molecule has 1 heterocycles. The summed E-state index contributed by atoms with van der Waals surface area (Å²) in [7, 11) is 0. The fourth-order valence-corrected chi connectivity index (χ4v) is 2.34. The van der Waals surface area contributed by atoms with Gasteiger partial charge in [0.1, 0.15) is 0 Å². The van der Waals surface area contributed by atoms with Gasteiger partial charge in [-0.1, -0.05) is 44.2 Å². The first-order valence-electron chi connectivity index (χ1n) is 7.46. The molecule has 1 aromatic heterocycles. The number of hydrogen-bond donors (Lipinski definition) is 1. The second-order valence-electron chi connectivity index (χ2n) is 5.61. The first-order chi connectivity index (χ1) is 9.61. The van der Waals surface area contributed by atoms with Crippen LogP contribution in [0.25, 0.3) is 0 Å². The Morgan fingerprint density at radius 3 is 2.50 bits per heavy atom. The molecule has 0 spiro atoms. The Morgan fingerprint density at radius 2 is 1.85 bits per heavy atom. The van der Waals surface area contributed by atoms with Gasteiger partial charge in [-0.15, -0.1) is 0 Å². The molecule has 0 amide bonds. The van der Waals surface area contributed by atoms with Crippen LogP contribution in [0.2, 0.25) is 0 Å². The molecule has 2 rings (SSSR count). The standard InChI is InChI=1S/C17H25N3/c1-4-13(2)20-11-10-16(19-20)12-17(18)14(3)15-8-6-5-7-9-15/h5-11,13-14,17H,4,12,18H2,1-3H3. The van der Waals surface area contributed by atoms with E-state index in [1.54, 1.807) is 0 Å². The van der Waals surface area contributed by atoms with E-state index in [4.69, 9.17) is 5.73 Å². The highest BCUT2D eigenvalue weighted by Crippen LogP contribution is 2.20. The summed E-state index contributed by atoms with van der Waals surface area (Å²) in [5.41, 5.74) is 8.73. The summed E-state index contributed by atoms with van der Waals surface area (Å²) in [6.07, 6.45) is 3.97. The Kier molecular flexibility index (Phi) is 4.96. The molecule has 0 aliphatic carbocycles. The van der Waals surface area contributed by atoms with Gasteiger partial charge >= 0.3 is 0 Å². The molecule has 20 heavy (non-hydrogen) atoms. The summed E-state index contributed by atoms with van der Waals surface area (Å²) in [6.45, 7) is 6.55. The van der Waals surface area contributed by atoms with Crippen LogP contribution in [0.4, 0.5) is 0 Å². The van der Waals surface area contributed by atoms with Crippen LogP contribution >= 0.6 is 0 Å². The van der Waals surface area contributed by atoms with Crippen molar-refractivity contribution < 1.29 is 0 Å². The van der Waals surface area contributed by atoms with Crippen molar-refractivity contribution in [3.63, 3.8) is 0 Å². The van der Waals surface area contributed by atoms with E-state index in [0.29, 0.717) is 12.0 Å². The molecule has 108 valence electrons. The van der Waals surface area contributed by atoms with Crippen molar-refractivity contribution in [3.05, 3.63) is 53.9 Å². The first-order valence-corrected chi connectivity index (χ1v) is 7.46. The number of nitrogens with zero attached hydrogens (tertiary/aromatic N) is 2. The normalized spacial score (nSPS) is 15.8. The molecule has 0 aliphatic heterocycles. The number of hydrogen-bond acceptors (Lipinski definition) is 2. The van der Waals surface area contributed by atoms with Crippen LogP contribution < -0.4 is 5.73 Å². The second-order valence-corrected chi connectivity index (χ2v) is 5.61. The summed E-state index contributed by atoms with van der Waals surface area (Å²) < 4.78 is 2.04. The highest BCUT2D eigenvalue weighted by Gasteiger charge is 2.16. The van der Waals surface area contributed by atoms with Gasteiger partial charge in [0, 0.05) is 24.7 Å². The van der Waals surface area contributed by atoms with Crippen molar-refractivity contribution in [1.29, 1.82) is 0 Å². The van der Waals surface area contributed by atoms with Crippen molar-refractivity contribution >= 4 is 0 Å². The summed E-state index contributed by atoms with van der Waals surface area (Å²) in [4.78, 5) is 0. The third-order valence-electron chi connectivity index (χ3n) is 4.12. The zero-order chi connectivity index (χ0) is 14.5. The molecule has 3 nitrogen and oxygen atoms in total. The van der Waals surface area contributed by atoms with Crippen LogP contribution in [-0.2, 0) is 6.42 Å². The number of nitrogens with two attached hydrogens (primary N) is 1. The van der Waals surface area contributed by atoms with E-state index < -0.39 is 0 Å². The lowest BCUT2D eigenvalue weighted by atomic mass is 9.91. The third kappa shape index (κ3) is 3.48. The molecule has 1 aromatic carbocycles. The van der Waals surface area contributed by atoms with Gasteiger partial charge in [0.05, 0.1) is 5.69 Å². The van der Waals surface area contributed by atoms with Gasteiger partial charge in [-0.2, -0.15) is 5.10 Å². The Labute approximate surface area is 121 Å². The van der Waals surface area contributed by atoms with Crippen molar-refractivity contribution in [1.82, 2.24) is 9.78 Å². The predicted molar refractivity (Wildman–Crippen MR) is 83.8 cm³/mol. The molecule has 0 saturated carbocycles. The summed E-state index contributed by atoms with van der Waals surface area (Å²) in [6, 6.07) is 13.1. The molecule has 3 heteroatoms. The van der Waals surface area contributed by atoms with Crippen LogP contribution in [0.1, 0.15) is 50.4 Å². The van der Waals surface area contributed by atoms with E-state index in [2.05, 4.69) is 62.4 Å². The Morgan fingerprint density at radius 1 is 1.15 bits per heavy atom. The zero-order valence-electron chi connectivity index (χ0n) is 12.7. The highest BCUT2D eigenvalue weighted by atomic mass is 15.3. The number of aromatic nitrogens is 2. The fourth-order valence-electron chi connectivity index (χ4n) is 2.34. The second kappa shape index (κ2) is 6.71. The van der Waals surface area contributed by atoms with Crippen LogP contribution in [0.3, 0.4) is 0 Å². The lowest BCUT2D eigenvalue weighted by Gasteiger charge is -2.19. The van der Waals surface area contributed by atoms with Gasteiger partial charge in [0.25, 0.3) is 0 Å². The Bertz CT molecular complexity index is 518. The lowest BCUT2D eigenvalue weighted by Crippen LogP contribution is -2.29. The molecule has 0 bridgehead atoms. The maximum atomic E-state index is 6.35. The Balaban J connectivity index is 2.01. The van der Waals surface area contributed by atoms with E-state index in [1.807, 2.05) is 10.7 Å². The van der Waals surface area contributed by atoms with Crippen LogP contribution in [0, 0.1) is 0 Å². The van der Waals surface area contributed by atoms with Gasteiger partial charge in [-0.05, 0) is 30.9 Å². The molecular formula is C17H25N3. The molecular weight excluding hydrogens is 246 g/mol. The molecule has 3 atom stereocenters. The monoisotopic (exact) mass is 271 g/mol. The van der Waals surface area contributed by atoms with Crippen LogP contribution in [0.15, 0.2) is 42.6 Å². The molecule has 3 unspecified atom stereocenters. The molecule has 0 radical (unpaired) electrons. The minimum absolute atomic E-state index is 0.0951. The Hall–Kier alpha value is -1.61. The third-order valence-corrected chi connectivity index (χ3v) is 4.12. The predicted octanol–water partition coefficient (Wildman–Crippen LogP) is 3.53. The van der Waals surface area contributed by atoms with Gasteiger partial charge in [0.2, 0.25) is 0 Å². The molecule has 2 aromatic rings. The fraction of sp³-hybridized carbons (Fsp3) is 0.471. The van der Waals surface area contributed by atoms with Crippen molar-refractivity contribution in [2.24, 2.45) is 5.73 Å². The van der Waals surface area contributed by atoms with E-state index >= 15 is 0 Å². The van der Waals surface area contributed by atoms with Crippen LogP contribution in [0.5, 0.6) is 0 Å². The summed E-state index contributed by atoms with van der Waals surface area (Å²) in [5.74, 6) is 0.338. The first kappa shape index (κ1) is 14.8. The van der Waals surface area contributed by atoms with E-state index in [9.17, 15) is 0 Å².